The van der Waals surface area contributed by atoms with Gasteiger partial charge < -0.3 is 15.4 Å². The number of hydrogen-bond acceptors (Lipinski definition) is 3. The van der Waals surface area contributed by atoms with Crippen molar-refractivity contribution >= 4 is 22.7 Å². The van der Waals surface area contributed by atoms with Gasteiger partial charge >= 0.3 is 5.97 Å². The Morgan fingerprint density at radius 2 is 1.83 bits per heavy atom. The average molecular weight is 323 g/mol. The maximum absolute atomic E-state index is 10.8. The van der Waals surface area contributed by atoms with Gasteiger partial charge in [-0.1, -0.05) is 0 Å². The van der Waals surface area contributed by atoms with Crippen molar-refractivity contribution in [2.24, 2.45) is 0 Å². The number of hydrogen-bond donors (Lipinski definition) is 2. The van der Waals surface area contributed by atoms with Crippen LogP contribution in [0.5, 0.6) is 0 Å². The molecular weight excluding hydrogens is 302 g/mol. The summed E-state index contributed by atoms with van der Waals surface area (Å²) in [5.74, 6) is 0.0702. The number of nitrogens with zero attached hydrogens (tertiary/aromatic N) is 2. The highest BCUT2D eigenvalue weighted by molar-refractivity contribution is 5.82. The van der Waals surface area contributed by atoms with Crippen molar-refractivity contribution < 1.29 is 9.90 Å². The van der Waals surface area contributed by atoms with Crippen LogP contribution in [0.15, 0.2) is 36.4 Å². The van der Waals surface area contributed by atoms with Gasteiger partial charge in [-0.3, -0.25) is 4.79 Å². The predicted molar refractivity (Wildman–Crippen MR) is 95.9 cm³/mol. The van der Waals surface area contributed by atoms with Gasteiger partial charge in [0.2, 0.25) is 0 Å². The summed E-state index contributed by atoms with van der Waals surface area (Å²) >= 11 is 0. The second kappa shape index (κ2) is 6.35. The lowest BCUT2D eigenvalue weighted by molar-refractivity contribution is -0.137. The van der Waals surface area contributed by atoms with E-state index in [0.717, 1.165) is 22.4 Å². The Hall–Kier alpha value is -2.82. The Labute approximate surface area is 140 Å². The zero-order valence-electron chi connectivity index (χ0n) is 13.9. The van der Waals surface area contributed by atoms with Crippen LogP contribution in [-0.2, 0) is 11.3 Å². The lowest BCUT2D eigenvalue weighted by Gasteiger charge is -2.09. The molecule has 3 N–H and O–H groups in total. The zero-order chi connectivity index (χ0) is 17.3. The molecule has 3 rings (SSSR count). The summed E-state index contributed by atoms with van der Waals surface area (Å²) in [6, 6.07) is 11.8. The van der Waals surface area contributed by atoms with Crippen LogP contribution in [0.3, 0.4) is 0 Å². The van der Waals surface area contributed by atoms with Gasteiger partial charge in [0.1, 0.15) is 5.82 Å². The predicted octanol–water partition coefficient (Wildman–Crippen LogP) is 3.77. The maximum atomic E-state index is 10.8. The zero-order valence-corrected chi connectivity index (χ0v) is 13.9. The summed E-state index contributed by atoms with van der Waals surface area (Å²) in [4.78, 5) is 15.6. The standard InChI is InChI=1S/C19H21N3O2/c1-12-10-16-17(11-13(12)2)22(9-3-4-18(23)24)19(21-16)14-5-7-15(20)8-6-14/h5-8,10-11H,3-4,9,20H2,1-2H3,(H,23,24). The van der Waals surface area contributed by atoms with Crippen LogP contribution in [0, 0.1) is 13.8 Å². The fourth-order valence-electron chi connectivity index (χ4n) is 2.85. The molecule has 0 amide bonds. The van der Waals surface area contributed by atoms with Crippen LogP contribution >= 0.6 is 0 Å². The van der Waals surface area contributed by atoms with Crippen LogP contribution in [0.2, 0.25) is 0 Å². The SMILES string of the molecule is Cc1cc2nc(-c3ccc(N)cc3)n(CCCC(=O)O)c2cc1C. The first-order chi connectivity index (χ1) is 11.5. The van der Waals surface area contributed by atoms with Crippen LogP contribution in [0.1, 0.15) is 24.0 Å². The quantitative estimate of drug-likeness (QED) is 0.700. The van der Waals surface area contributed by atoms with Crippen LogP contribution in [-0.4, -0.2) is 20.6 Å². The number of aliphatic carboxylic acids is 1. The van der Waals surface area contributed by atoms with Gasteiger partial charge in [0.15, 0.2) is 0 Å². The third-order valence-corrected chi connectivity index (χ3v) is 4.30. The van der Waals surface area contributed by atoms with Crippen molar-refractivity contribution in [3.8, 4) is 11.4 Å². The largest absolute Gasteiger partial charge is 0.481 e. The number of anilines is 1. The Morgan fingerprint density at radius 3 is 2.50 bits per heavy atom. The van der Waals surface area contributed by atoms with Crippen LogP contribution < -0.4 is 5.73 Å². The Bertz CT molecular complexity index is 895. The van der Waals surface area contributed by atoms with Gasteiger partial charge in [-0.15, -0.1) is 0 Å². The molecule has 0 bridgehead atoms. The lowest BCUT2D eigenvalue weighted by Crippen LogP contribution is -2.04. The van der Waals surface area contributed by atoms with E-state index < -0.39 is 5.97 Å². The molecule has 24 heavy (non-hydrogen) atoms. The molecule has 0 aliphatic heterocycles. The number of fused-ring (bicyclic) bond motifs is 1. The molecule has 2 aromatic carbocycles. The molecule has 0 aliphatic rings. The molecule has 0 radical (unpaired) electrons. The molecule has 0 atom stereocenters. The smallest absolute Gasteiger partial charge is 0.303 e. The average Bonchev–Trinajstić information content (AvgIpc) is 2.86. The molecule has 0 saturated heterocycles. The van der Waals surface area contributed by atoms with Crippen molar-refractivity contribution in [1.29, 1.82) is 0 Å². The van der Waals surface area contributed by atoms with E-state index in [0.29, 0.717) is 18.7 Å². The highest BCUT2D eigenvalue weighted by Gasteiger charge is 2.14. The molecule has 124 valence electrons. The van der Waals surface area contributed by atoms with Gasteiger partial charge in [-0.2, -0.15) is 0 Å². The van der Waals surface area contributed by atoms with Gasteiger partial charge in [-0.05, 0) is 67.8 Å². The maximum Gasteiger partial charge on any atom is 0.303 e. The fraction of sp³-hybridized carbons (Fsp3) is 0.263. The number of benzene rings is 2. The molecule has 0 fully saturated rings. The molecule has 0 unspecified atom stereocenters. The Balaban J connectivity index is 2.11. The van der Waals surface area contributed by atoms with Gasteiger partial charge in [-0.25, -0.2) is 4.98 Å². The van der Waals surface area contributed by atoms with E-state index in [1.165, 1.54) is 11.1 Å². The summed E-state index contributed by atoms with van der Waals surface area (Å²) in [5, 5.41) is 8.91. The van der Waals surface area contributed by atoms with E-state index in [4.69, 9.17) is 15.8 Å². The number of carboxylic acids is 1. The van der Waals surface area contributed by atoms with Gasteiger partial charge in [0, 0.05) is 24.2 Å². The number of nitrogen functional groups attached to an aromatic ring is 1. The van der Waals surface area contributed by atoms with Gasteiger partial charge in [0.25, 0.3) is 0 Å². The first-order valence-electron chi connectivity index (χ1n) is 8.01. The molecule has 0 aliphatic carbocycles. The number of carboxylic acid groups (broad SMARTS) is 1. The Kier molecular flexibility index (Phi) is 4.25. The second-order valence-electron chi connectivity index (χ2n) is 6.13. The first kappa shape index (κ1) is 16.1. The summed E-state index contributed by atoms with van der Waals surface area (Å²) in [6.45, 7) is 4.76. The van der Waals surface area contributed by atoms with Crippen molar-refractivity contribution in [1.82, 2.24) is 9.55 Å². The second-order valence-corrected chi connectivity index (χ2v) is 6.13. The summed E-state index contributed by atoms with van der Waals surface area (Å²) in [7, 11) is 0. The van der Waals surface area contributed by atoms with E-state index in [2.05, 4.69) is 30.5 Å². The van der Waals surface area contributed by atoms with Crippen molar-refractivity contribution in [3.63, 3.8) is 0 Å². The van der Waals surface area contributed by atoms with Crippen LogP contribution in [0.4, 0.5) is 5.69 Å². The molecular formula is C19H21N3O2. The number of aryl methyl sites for hydroxylation is 3. The summed E-state index contributed by atoms with van der Waals surface area (Å²) < 4.78 is 2.11. The minimum absolute atomic E-state index is 0.145. The molecule has 0 saturated carbocycles. The Morgan fingerprint density at radius 1 is 1.17 bits per heavy atom. The first-order valence-corrected chi connectivity index (χ1v) is 8.01. The molecule has 1 aromatic heterocycles. The number of carbonyl (C=O) groups is 1. The highest BCUT2D eigenvalue weighted by atomic mass is 16.4. The normalized spacial score (nSPS) is 11.1. The van der Waals surface area contributed by atoms with E-state index >= 15 is 0 Å². The summed E-state index contributed by atoms with van der Waals surface area (Å²) in [5.41, 5.74) is 11.8. The van der Waals surface area contributed by atoms with Crippen LogP contribution in [0.25, 0.3) is 22.4 Å². The minimum atomic E-state index is -0.777. The van der Waals surface area contributed by atoms with E-state index in [-0.39, 0.29) is 6.42 Å². The molecule has 0 spiro atoms. The fourth-order valence-corrected chi connectivity index (χ4v) is 2.85. The summed E-state index contributed by atoms with van der Waals surface area (Å²) in [6.07, 6.45) is 0.710. The van der Waals surface area contributed by atoms with E-state index in [9.17, 15) is 4.79 Å². The van der Waals surface area contributed by atoms with Crippen molar-refractivity contribution in [2.75, 3.05) is 5.73 Å². The number of rotatable bonds is 5. The van der Waals surface area contributed by atoms with E-state index in [1.54, 1.807) is 0 Å². The molecule has 1 heterocycles. The van der Waals surface area contributed by atoms with E-state index in [1.807, 2.05) is 24.3 Å². The third-order valence-electron chi connectivity index (χ3n) is 4.30. The molecule has 5 nitrogen and oxygen atoms in total. The lowest BCUT2D eigenvalue weighted by atomic mass is 10.1. The minimum Gasteiger partial charge on any atom is -0.481 e. The topological polar surface area (TPSA) is 81.1 Å². The van der Waals surface area contributed by atoms with Crippen molar-refractivity contribution in [3.05, 3.63) is 47.5 Å². The van der Waals surface area contributed by atoms with Gasteiger partial charge in [0.05, 0.1) is 11.0 Å². The molecule has 3 aromatic rings. The number of imidazole rings is 1. The number of aromatic nitrogens is 2. The molecule has 5 heteroatoms. The number of nitrogens with two attached hydrogens (primary N) is 1. The highest BCUT2D eigenvalue weighted by Crippen LogP contribution is 2.28. The third kappa shape index (κ3) is 3.11. The monoisotopic (exact) mass is 323 g/mol. The van der Waals surface area contributed by atoms with Crippen molar-refractivity contribution in [2.45, 2.75) is 33.2 Å².